The molecular formula is C24H26N4OS. The molecule has 0 atom stereocenters. The Morgan fingerprint density at radius 3 is 2.87 bits per heavy atom. The third-order valence-corrected chi connectivity index (χ3v) is 7.10. The first-order chi connectivity index (χ1) is 14.7. The smallest absolute Gasteiger partial charge is 0.255 e. The molecule has 1 aromatic carbocycles. The molecule has 0 unspecified atom stereocenters. The zero-order chi connectivity index (χ0) is 20.5. The number of H-pyrrole nitrogens is 1. The number of hydrogen-bond acceptors (Lipinski definition) is 5. The quantitative estimate of drug-likeness (QED) is 0.686. The summed E-state index contributed by atoms with van der Waals surface area (Å²) in [6.45, 7) is 5.44. The van der Waals surface area contributed by atoms with Gasteiger partial charge in [0.1, 0.15) is 0 Å². The van der Waals surface area contributed by atoms with Gasteiger partial charge in [-0.15, -0.1) is 11.3 Å². The van der Waals surface area contributed by atoms with Gasteiger partial charge in [-0.1, -0.05) is 24.3 Å². The first-order valence-electron chi connectivity index (χ1n) is 10.7. The van der Waals surface area contributed by atoms with Crippen LogP contribution >= 0.6 is 11.3 Å². The molecule has 0 bridgehead atoms. The van der Waals surface area contributed by atoms with Crippen molar-refractivity contribution in [3.05, 3.63) is 74.3 Å². The highest BCUT2D eigenvalue weighted by Gasteiger charge is 2.23. The topological polar surface area (TPSA) is 61.4 Å². The maximum absolute atomic E-state index is 12.8. The van der Waals surface area contributed by atoms with Gasteiger partial charge in [0.2, 0.25) is 0 Å². The zero-order valence-corrected chi connectivity index (χ0v) is 18.1. The number of aryl methyl sites for hydroxylation is 1. The van der Waals surface area contributed by atoms with Gasteiger partial charge in [0, 0.05) is 42.4 Å². The highest BCUT2D eigenvalue weighted by molar-refractivity contribution is 7.15. The number of rotatable bonds is 4. The fourth-order valence-electron chi connectivity index (χ4n) is 4.32. The van der Waals surface area contributed by atoms with Crippen molar-refractivity contribution >= 4 is 17.0 Å². The van der Waals surface area contributed by atoms with Crippen molar-refractivity contribution in [2.45, 2.75) is 45.7 Å². The van der Waals surface area contributed by atoms with Crippen LogP contribution in [0.3, 0.4) is 0 Å². The van der Waals surface area contributed by atoms with Crippen LogP contribution in [0.1, 0.15) is 46.8 Å². The van der Waals surface area contributed by atoms with E-state index in [1.807, 2.05) is 11.3 Å². The Balaban J connectivity index is 1.32. The van der Waals surface area contributed by atoms with Gasteiger partial charge in [0.05, 0.1) is 17.0 Å². The Bertz CT molecular complexity index is 1160. The fraction of sp³-hybridized carbons (Fsp3) is 0.375. The number of fused-ring (bicyclic) bond motifs is 1. The van der Waals surface area contributed by atoms with Crippen LogP contribution in [-0.2, 0) is 19.5 Å². The molecule has 3 aromatic rings. The molecule has 4 heterocycles. The molecule has 0 spiro atoms. The molecule has 2 aliphatic rings. The van der Waals surface area contributed by atoms with Crippen molar-refractivity contribution in [3.63, 3.8) is 0 Å². The van der Waals surface area contributed by atoms with E-state index in [0.717, 1.165) is 62.3 Å². The van der Waals surface area contributed by atoms with E-state index in [2.05, 4.69) is 58.2 Å². The number of hydrogen-bond donors (Lipinski definition) is 1. The van der Waals surface area contributed by atoms with Crippen LogP contribution in [0.4, 0.5) is 0 Å². The van der Waals surface area contributed by atoms with E-state index in [1.165, 1.54) is 20.9 Å². The lowest BCUT2D eigenvalue weighted by atomic mass is 10.1. The minimum Gasteiger partial charge on any atom is -0.305 e. The van der Waals surface area contributed by atoms with Crippen molar-refractivity contribution < 1.29 is 0 Å². The summed E-state index contributed by atoms with van der Waals surface area (Å²) >= 11 is 1.84. The van der Waals surface area contributed by atoms with Crippen LogP contribution < -0.4 is 5.56 Å². The zero-order valence-electron chi connectivity index (χ0n) is 17.3. The highest BCUT2D eigenvalue weighted by Crippen LogP contribution is 2.31. The highest BCUT2D eigenvalue weighted by atomic mass is 32.1. The Morgan fingerprint density at radius 1 is 1.13 bits per heavy atom. The molecule has 1 N–H and O–H groups in total. The lowest BCUT2D eigenvalue weighted by Gasteiger charge is -2.27. The van der Waals surface area contributed by atoms with Gasteiger partial charge < -0.3 is 4.98 Å². The maximum atomic E-state index is 12.8. The van der Waals surface area contributed by atoms with E-state index < -0.39 is 0 Å². The lowest BCUT2D eigenvalue weighted by Crippen LogP contribution is -2.36. The van der Waals surface area contributed by atoms with Gasteiger partial charge in [-0.2, -0.15) is 0 Å². The molecule has 5 nitrogen and oxygen atoms in total. The Hall–Kier alpha value is -2.57. The van der Waals surface area contributed by atoms with E-state index in [4.69, 9.17) is 4.98 Å². The van der Waals surface area contributed by atoms with Gasteiger partial charge in [-0.05, 0) is 49.4 Å². The Labute approximate surface area is 180 Å². The second-order valence-corrected chi connectivity index (χ2v) is 9.34. The third-order valence-electron chi connectivity index (χ3n) is 6.00. The number of aromatic nitrogens is 2. The maximum Gasteiger partial charge on any atom is 0.255 e. The number of nitrogens with one attached hydrogen (secondary N) is 1. The van der Waals surface area contributed by atoms with E-state index in [1.54, 1.807) is 0 Å². The Kier molecular flexibility index (Phi) is 5.35. The minimum atomic E-state index is -0.000229. The number of thiophene rings is 1. The van der Waals surface area contributed by atoms with Gasteiger partial charge in [-0.25, -0.2) is 4.98 Å². The van der Waals surface area contributed by atoms with E-state index in [0.29, 0.717) is 12.4 Å². The average Bonchev–Trinajstić information content (AvgIpc) is 3.23. The summed E-state index contributed by atoms with van der Waals surface area (Å²) in [5.74, 6) is 0.688. The second-order valence-electron chi connectivity index (χ2n) is 8.17. The molecule has 0 saturated heterocycles. The molecule has 6 heteroatoms. The van der Waals surface area contributed by atoms with Crippen molar-refractivity contribution in [3.8, 4) is 10.4 Å². The van der Waals surface area contributed by atoms with Gasteiger partial charge in [0.25, 0.3) is 5.56 Å². The first-order valence-corrected chi connectivity index (χ1v) is 11.5. The van der Waals surface area contributed by atoms with E-state index in [-0.39, 0.29) is 5.56 Å². The van der Waals surface area contributed by atoms with Crippen LogP contribution in [0, 0.1) is 6.92 Å². The normalized spacial score (nSPS) is 16.9. The van der Waals surface area contributed by atoms with Crippen LogP contribution in [0.15, 0.2) is 46.2 Å². The average molecular weight is 419 g/mol. The van der Waals surface area contributed by atoms with Crippen molar-refractivity contribution in [2.75, 3.05) is 13.1 Å². The second kappa shape index (κ2) is 8.28. The summed E-state index contributed by atoms with van der Waals surface area (Å²) in [5.41, 5.74) is 5.33. The Morgan fingerprint density at radius 2 is 2.03 bits per heavy atom. The van der Waals surface area contributed by atoms with E-state index in [9.17, 15) is 4.79 Å². The molecule has 154 valence electrons. The van der Waals surface area contributed by atoms with Crippen molar-refractivity contribution in [2.24, 2.45) is 4.99 Å². The fourth-order valence-corrected chi connectivity index (χ4v) is 5.46. The molecular weight excluding hydrogens is 392 g/mol. The van der Waals surface area contributed by atoms with Gasteiger partial charge in [0.15, 0.2) is 5.82 Å². The predicted molar refractivity (Wildman–Crippen MR) is 122 cm³/mol. The number of benzene rings is 1. The molecule has 0 amide bonds. The molecule has 0 fully saturated rings. The van der Waals surface area contributed by atoms with E-state index >= 15 is 0 Å². The molecule has 30 heavy (non-hydrogen) atoms. The molecule has 2 aliphatic heterocycles. The summed E-state index contributed by atoms with van der Waals surface area (Å²) in [5, 5.41) is 0. The molecule has 0 aliphatic carbocycles. The van der Waals surface area contributed by atoms with Crippen LogP contribution in [0.5, 0.6) is 0 Å². The molecule has 0 radical (unpaired) electrons. The van der Waals surface area contributed by atoms with Crippen molar-refractivity contribution in [1.29, 1.82) is 0 Å². The van der Waals surface area contributed by atoms with Gasteiger partial charge in [-0.3, -0.25) is 14.7 Å². The number of nitrogens with zero attached hydrogens (tertiary/aromatic N) is 3. The third kappa shape index (κ3) is 3.89. The molecule has 0 saturated carbocycles. The first kappa shape index (κ1) is 19.4. The summed E-state index contributed by atoms with van der Waals surface area (Å²) in [6, 6.07) is 12.9. The summed E-state index contributed by atoms with van der Waals surface area (Å²) < 4.78 is 0. The monoisotopic (exact) mass is 418 g/mol. The molecule has 2 aromatic heterocycles. The number of aromatic amines is 1. The summed E-state index contributed by atoms with van der Waals surface area (Å²) in [6.07, 6.45) is 3.98. The standard InChI is InChI=1S/C24H26N4OS/c1-16-6-2-3-7-18(16)22-10-9-17(30-22)14-28-13-11-20-19(15-28)24(29)27-23(26-20)21-8-4-5-12-25-21/h2-3,6-7,9-10H,4-5,8,11-15H2,1H3,(H,26,27,29). The van der Waals surface area contributed by atoms with Crippen LogP contribution in [0.25, 0.3) is 10.4 Å². The predicted octanol–water partition coefficient (Wildman–Crippen LogP) is 4.34. The largest absolute Gasteiger partial charge is 0.305 e. The van der Waals surface area contributed by atoms with Gasteiger partial charge >= 0.3 is 0 Å². The van der Waals surface area contributed by atoms with Crippen molar-refractivity contribution in [1.82, 2.24) is 14.9 Å². The van der Waals surface area contributed by atoms with Crippen LogP contribution in [-0.4, -0.2) is 33.7 Å². The SMILES string of the molecule is Cc1ccccc1-c1ccc(CN2CCc3nc(C4=NCCCC4)[nH]c(=O)c3C2)s1. The minimum absolute atomic E-state index is 0.000229. The molecule has 5 rings (SSSR count). The number of aliphatic imine (C=N–C) groups is 1. The summed E-state index contributed by atoms with van der Waals surface area (Å²) in [4.78, 5) is 30.1. The van der Waals surface area contributed by atoms with Crippen LogP contribution in [0.2, 0.25) is 0 Å². The summed E-state index contributed by atoms with van der Waals surface area (Å²) in [7, 11) is 0. The lowest BCUT2D eigenvalue weighted by molar-refractivity contribution is 0.244.